The number of amides is 1. The first-order valence-electron chi connectivity index (χ1n) is 24.3. The Kier molecular flexibility index (Phi) is 32.5. The summed E-state index contributed by atoms with van der Waals surface area (Å²) >= 11 is 2.04. The molecule has 11 nitrogen and oxygen atoms in total. The highest BCUT2D eigenvalue weighted by atomic mass is 127. The van der Waals surface area contributed by atoms with Gasteiger partial charge in [-0.25, -0.2) is 26.7 Å². The number of piperidine rings is 2. The molecule has 0 spiro atoms. The quantitative estimate of drug-likeness (QED) is 0.0774. The van der Waals surface area contributed by atoms with Crippen LogP contribution in [0.4, 0.5) is 38.1 Å². The van der Waals surface area contributed by atoms with Crippen molar-refractivity contribution in [2.24, 2.45) is 17.6 Å². The maximum Gasteiger partial charge on any atom is 0.407 e. The first-order valence-corrected chi connectivity index (χ1v) is 25.4. The molecule has 2 saturated heterocycles. The van der Waals surface area contributed by atoms with Gasteiger partial charge in [0.25, 0.3) is 0 Å². The average Bonchev–Trinajstić information content (AvgIpc) is 3.36. The minimum Gasteiger partial charge on any atom is -0.505 e. The number of aromatic hydroxyl groups is 1. The number of carbonyl (C=O) groups is 1. The van der Waals surface area contributed by atoms with Gasteiger partial charge in [0.2, 0.25) is 0 Å². The van der Waals surface area contributed by atoms with Crippen LogP contribution in [-0.4, -0.2) is 82.5 Å². The summed E-state index contributed by atoms with van der Waals surface area (Å²) in [5.41, 5.74) is 6.87. The van der Waals surface area contributed by atoms with Gasteiger partial charge in [0.15, 0.2) is 57.8 Å². The fourth-order valence-corrected chi connectivity index (χ4v) is 7.95. The molecule has 5 aromatic rings. The van der Waals surface area contributed by atoms with Crippen LogP contribution in [0, 0.1) is 44.5 Å². The van der Waals surface area contributed by atoms with Crippen LogP contribution in [-0.2, 0) is 4.74 Å². The normalized spacial score (nSPS) is 13.2. The predicted molar refractivity (Wildman–Crippen MR) is 299 cm³/mol. The molecule has 2 heterocycles. The maximum absolute atomic E-state index is 14.0. The van der Waals surface area contributed by atoms with Crippen LogP contribution in [0.3, 0.4) is 0 Å². The summed E-state index contributed by atoms with van der Waals surface area (Å²) in [5.74, 6) is 0.312. The van der Waals surface area contributed by atoms with Crippen molar-refractivity contribution in [1.29, 1.82) is 0 Å². The number of nitrogens with zero attached hydrogens (tertiary/aromatic N) is 2. The molecule has 0 aromatic heterocycles. The van der Waals surface area contributed by atoms with Gasteiger partial charge in [0.1, 0.15) is 5.60 Å². The number of rotatable bonds is 13. The van der Waals surface area contributed by atoms with Gasteiger partial charge in [-0.15, -0.1) is 24.8 Å². The van der Waals surface area contributed by atoms with Crippen molar-refractivity contribution >= 4 is 64.9 Å². The van der Waals surface area contributed by atoms with E-state index >= 15 is 0 Å². The molecule has 0 radical (unpaired) electrons. The van der Waals surface area contributed by atoms with Crippen LogP contribution in [0.1, 0.15) is 74.1 Å². The molecule has 0 aliphatic carbocycles. The summed E-state index contributed by atoms with van der Waals surface area (Å²) in [6.45, 7) is 19.6. The third-order valence-corrected chi connectivity index (χ3v) is 11.7. The number of ether oxygens (including phenoxy) is 5. The van der Waals surface area contributed by atoms with Crippen molar-refractivity contribution < 1.29 is 55.5 Å². The third-order valence-electron chi connectivity index (χ3n) is 10.8. The number of para-hydroxylation sites is 5. The lowest BCUT2D eigenvalue weighted by atomic mass is 9.96. The monoisotopic (exact) mass is 1190 g/mol. The number of hydrogen-bond donors (Lipinski definition) is 3. The van der Waals surface area contributed by atoms with Crippen molar-refractivity contribution in [3.63, 3.8) is 0 Å². The number of nitrogens with one attached hydrogen (secondary N) is 1. The Bertz CT molecular complexity index is 2320. The topological polar surface area (TPSA) is 128 Å². The molecule has 7 rings (SSSR count). The molecule has 19 heteroatoms. The summed E-state index contributed by atoms with van der Waals surface area (Å²) in [7, 11) is 0. The second kappa shape index (κ2) is 36.0. The molecule has 0 unspecified atom stereocenters. The van der Waals surface area contributed by atoms with Gasteiger partial charge in [-0.05, 0) is 176 Å². The summed E-state index contributed by atoms with van der Waals surface area (Å²) in [6.07, 6.45) is 3.62. The molecule has 5 aromatic carbocycles. The van der Waals surface area contributed by atoms with Gasteiger partial charge in [-0.1, -0.05) is 42.5 Å². The molecule has 2 aliphatic heterocycles. The fraction of sp³-hybridized carbons (Fsp3) is 0.436. The predicted octanol–water partition coefficient (Wildman–Crippen LogP) is 13.8. The number of anilines is 2. The Morgan fingerprint density at radius 3 is 1.41 bits per heavy atom. The molecule has 412 valence electrons. The van der Waals surface area contributed by atoms with E-state index in [4.69, 9.17) is 34.5 Å². The first-order chi connectivity index (χ1) is 34.5. The van der Waals surface area contributed by atoms with Crippen molar-refractivity contribution in [3.05, 3.63) is 136 Å². The van der Waals surface area contributed by atoms with Crippen LogP contribution in [0.15, 0.2) is 103 Å². The van der Waals surface area contributed by atoms with E-state index in [1.807, 2.05) is 89.3 Å². The number of hydrogen-bond acceptors (Lipinski definition) is 10. The molecule has 1 amide bonds. The molecular weight excluding hydrogens is 1120 g/mol. The zero-order valence-electron chi connectivity index (χ0n) is 43.3. The molecule has 0 atom stereocenters. The zero-order valence-corrected chi connectivity index (χ0v) is 47.1. The summed E-state index contributed by atoms with van der Waals surface area (Å²) in [4.78, 5) is 16.1. The van der Waals surface area contributed by atoms with E-state index in [9.17, 15) is 26.7 Å². The SMILES string of the molecule is CCOc1c(F)cccc1I.CCOc1c(F)cccc1N1CCC(CN)CC1.CCOc1c(F)cccc1N1CCC(CNC(=O)OC(C)(C)C)CC1.CCOc1ccccc1F.Cl.Cl.Oc1ccccc1F. The number of carbonyl (C=O) groups excluding carboxylic acids is 1. The lowest BCUT2D eigenvalue weighted by Crippen LogP contribution is -2.40. The molecular formula is C55H74Cl2F5IN4O7. The summed E-state index contributed by atoms with van der Waals surface area (Å²) in [6, 6.07) is 27.0. The van der Waals surface area contributed by atoms with Gasteiger partial charge in [-0.2, -0.15) is 0 Å². The van der Waals surface area contributed by atoms with Gasteiger partial charge < -0.3 is 49.6 Å². The summed E-state index contributed by atoms with van der Waals surface area (Å²) in [5, 5.41) is 11.4. The standard InChI is InChI=1S/C19H29FN2O3.C14H21FN2O.C8H8FIO.C8H9FO.C6H5FO.2ClH/c1-5-24-17-15(20)7-6-8-16(17)22-11-9-14(10-12-22)13-21-18(23)25-19(2,3)4;1-2-18-14-12(15)4-3-5-13(14)17-8-6-11(10-16)7-9-17;1-2-11-8-6(9)4-3-5-7(8)10;1-2-10-8-6-4-3-5-7(8)9;7-5-3-1-2-4-6(5)8;;/h6-8,14H,5,9-13H2,1-4H3,(H,21,23);3-5,11H,2,6-10,16H2,1H3;3-5H,2H2,1H3;3-6H,2H2,1H3;1-4,8H;2*1H. The number of phenols is 1. The van der Waals surface area contributed by atoms with Crippen LogP contribution >= 0.6 is 47.4 Å². The molecule has 2 aliphatic rings. The van der Waals surface area contributed by atoms with E-state index in [0.29, 0.717) is 67.8 Å². The molecule has 74 heavy (non-hydrogen) atoms. The lowest BCUT2D eigenvalue weighted by Gasteiger charge is -2.34. The number of benzene rings is 5. The van der Waals surface area contributed by atoms with Gasteiger partial charge in [-0.3, -0.25) is 0 Å². The second-order valence-electron chi connectivity index (χ2n) is 17.3. The van der Waals surface area contributed by atoms with Gasteiger partial charge in [0.05, 0.1) is 41.4 Å². The number of nitrogens with two attached hydrogens (primary N) is 1. The Morgan fingerprint density at radius 2 is 1.00 bits per heavy atom. The van der Waals surface area contributed by atoms with Crippen molar-refractivity contribution in [2.75, 3.05) is 75.5 Å². The van der Waals surface area contributed by atoms with E-state index in [-0.39, 0.29) is 59.9 Å². The minimum atomic E-state index is -0.576. The largest absolute Gasteiger partial charge is 0.505 e. The highest BCUT2D eigenvalue weighted by Gasteiger charge is 2.25. The number of phenolic OH excluding ortho intramolecular Hbond substituents is 1. The number of alkyl carbamates (subject to hydrolysis) is 1. The van der Waals surface area contributed by atoms with Crippen molar-refractivity contribution in [1.82, 2.24) is 5.32 Å². The van der Waals surface area contributed by atoms with E-state index in [0.717, 1.165) is 73.4 Å². The van der Waals surface area contributed by atoms with Gasteiger partial charge >= 0.3 is 6.09 Å². The Labute approximate surface area is 460 Å². The third kappa shape index (κ3) is 23.6. The molecule has 2 fully saturated rings. The Morgan fingerprint density at radius 1 is 0.595 bits per heavy atom. The highest BCUT2D eigenvalue weighted by molar-refractivity contribution is 14.1. The first kappa shape index (κ1) is 66.9. The Hall–Kier alpha value is -5.11. The van der Waals surface area contributed by atoms with Gasteiger partial charge in [0, 0.05) is 32.7 Å². The smallest absolute Gasteiger partial charge is 0.407 e. The van der Waals surface area contributed by atoms with E-state index < -0.39 is 11.4 Å². The van der Waals surface area contributed by atoms with Crippen LogP contribution < -0.4 is 39.8 Å². The highest BCUT2D eigenvalue weighted by Crippen LogP contribution is 2.35. The van der Waals surface area contributed by atoms with Crippen LogP contribution in [0.25, 0.3) is 0 Å². The van der Waals surface area contributed by atoms with E-state index in [2.05, 4.69) is 15.1 Å². The maximum atomic E-state index is 14.0. The van der Waals surface area contributed by atoms with E-state index in [1.165, 1.54) is 42.5 Å². The van der Waals surface area contributed by atoms with Crippen LogP contribution in [0.2, 0.25) is 0 Å². The zero-order chi connectivity index (χ0) is 53.1. The molecule has 4 N–H and O–H groups in total. The molecule has 0 bridgehead atoms. The van der Waals surface area contributed by atoms with E-state index in [1.54, 1.807) is 42.5 Å². The average molecular weight is 1200 g/mol. The Balaban J connectivity index is 0.000000489. The lowest BCUT2D eigenvalue weighted by molar-refractivity contribution is 0.0516. The minimum absolute atomic E-state index is 0. The molecule has 0 saturated carbocycles. The summed E-state index contributed by atoms with van der Waals surface area (Å²) < 4.78 is 92.4. The van der Waals surface area contributed by atoms with Crippen LogP contribution in [0.5, 0.6) is 28.7 Å². The second-order valence-corrected chi connectivity index (χ2v) is 18.5. The number of halogens is 8. The van der Waals surface area contributed by atoms with Crippen molar-refractivity contribution in [3.8, 4) is 28.7 Å². The van der Waals surface area contributed by atoms with Crippen molar-refractivity contribution in [2.45, 2.75) is 79.8 Å². The fourth-order valence-electron chi connectivity index (χ4n) is 7.33.